The van der Waals surface area contributed by atoms with Gasteiger partial charge in [-0.15, -0.1) is 0 Å². The smallest absolute Gasteiger partial charge is 0.0195 e. The molecule has 0 bridgehead atoms. The van der Waals surface area contributed by atoms with Crippen molar-refractivity contribution in [3.8, 4) is 0 Å². The van der Waals surface area contributed by atoms with Crippen molar-refractivity contribution in [1.82, 2.24) is 10.2 Å². The Labute approximate surface area is 102 Å². The van der Waals surface area contributed by atoms with E-state index >= 15 is 0 Å². The van der Waals surface area contributed by atoms with E-state index in [0.29, 0.717) is 0 Å². The highest BCUT2D eigenvalue weighted by Gasteiger charge is 2.22. The van der Waals surface area contributed by atoms with Crippen molar-refractivity contribution in [3.05, 3.63) is 0 Å². The summed E-state index contributed by atoms with van der Waals surface area (Å²) in [4.78, 5) is 2.72. The Morgan fingerprint density at radius 2 is 1.94 bits per heavy atom. The van der Waals surface area contributed by atoms with E-state index < -0.39 is 0 Å². The van der Waals surface area contributed by atoms with Crippen molar-refractivity contribution in [1.29, 1.82) is 0 Å². The Hall–Kier alpha value is -0.0800. The monoisotopic (exact) mass is 226 g/mol. The van der Waals surface area contributed by atoms with Crippen LogP contribution >= 0.6 is 0 Å². The van der Waals surface area contributed by atoms with E-state index in [9.17, 15) is 0 Å². The summed E-state index contributed by atoms with van der Waals surface area (Å²) in [5, 5.41) is 3.62. The first-order valence-electron chi connectivity index (χ1n) is 7.14. The predicted octanol–water partition coefficient (Wildman–Crippen LogP) is 2.89. The Bertz CT molecular complexity index is 170. The molecule has 96 valence electrons. The zero-order chi connectivity index (χ0) is 12.0. The Kier molecular flexibility index (Phi) is 6.37. The molecule has 0 saturated carbocycles. The van der Waals surface area contributed by atoms with Gasteiger partial charge >= 0.3 is 0 Å². The van der Waals surface area contributed by atoms with E-state index in [4.69, 9.17) is 0 Å². The largest absolute Gasteiger partial charge is 0.313 e. The van der Waals surface area contributed by atoms with E-state index in [2.05, 4.69) is 37.9 Å². The van der Waals surface area contributed by atoms with Crippen LogP contribution in [0.1, 0.15) is 53.4 Å². The molecule has 0 aromatic rings. The topological polar surface area (TPSA) is 15.3 Å². The maximum absolute atomic E-state index is 3.62. The van der Waals surface area contributed by atoms with Gasteiger partial charge in [-0.1, -0.05) is 27.7 Å². The van der Waals surface area contributed by atoms with E-state index in [1.54, 1.807) is 0 Å². The molecule has 16 heavy (non-hydrogen) atoms. The standard InChI is InChI=1S/C14H30N2/c1-5-14(6-2)16(10-12(3)4)11-13-8-7-9-15-13/h12-15H,5-11H2,1-4H3. The number of nitrogens with one attached hydrogen (secondary N) is 1. The van der Waals surface area contributed by atoms with Crippen LogP contribution < -0.4 is 5.32 Å². The Morgan fingerprint density at radius 3 is 2.38 bits per heavy atom. The molecule has 1 atom stereocenters. The third-order valence-electron chi connectivity index (χ3n) is 3.68. The highest BCUT2D eigenvalue weighted by molar-refractivity contribution is 4.81. The molecule has 0 amide bonds. The van der Waals surface area contributed by atoms with Gasteiger partial charge in [-0.25, -0.2) is 0 Å². The van der Waals surface area contributed by atoms with Crippen LogP contribution in [0.4, 0.5) is 0 Å². The highest BCUT2D eigenvalue weighted by atomic mass is 15.2. The van der Waals surface area contributed by atoms with Gasteiger partial charge in [0, 0.05) is 25.2 Å². The quantitative estimate of drug-likeness (QED) is 0.718. The summed E-state index contributed by atoms with van der Waals surface area (Å²) in [6, 6.07) is 1.53. The fourth-order valence-corrected chi connectivity index (χ4v) is 2.84. The normalized spacial score (nSPS) is 21.6. The number of hydrogen-bond acceptors (Lipinski definition) is 2. The van der Waals surface area contributed by atoms with Crippen LogP contribution in [0.15, 0.2) is 0 Å². The maximum atomic E-state index is 3.62. The minimum atomic E-state index is 0.749. The summed E-state index contributed by atoms with van der Waals surface area (Å²) in [5.74, 6) is 0.780. The van der Waals surface area contributed by atoms with Crippen molar-refractivity contribution in [2.75, 3.05) is 19.6 Å². The van der Waals surface area contributed by atoms with Crippen LogP contribution in [-0.2, 0) is 0 Å². The van der Waals surface area contributed by atoms with Crippen molar-refractivity contribution < 1.29 is 0 Å². The molecular weight excluding hydrogens is 196 g/mol. The van der Waals surface area contributed by atoms with Crippen LogP contribution in [-0.4, -0.2) is 36.6 Å². The van der Waals surface area contributed by atoms with Crippen molar-refractivity contribution >= 4 is 0 Å². The van der Waals surface area contributed by atoms with E-state index in [0.717, 1.165) is 18.0 Å². The number of hydrogen-bond donors (Lipinski definition) is 1. The lowest BCUT2D eigenvalue weighted by Gasteiger charge is -2.34. The Morgan fingerprint density at radius 1 is 1.25 bits per heavy atom. The van der Waals surface area contributed by atoms with Gasteiger partial charge in [0.2, 0.25) is 0 Å². The molecule has 1 heterocycles. The lowest BCUT2D eigenvalue weighted by atomic mass is 10.1. The van der Waals surface area contributed by atoms with E-state index in [1.165, 1.54) is 45.3 Å². The number of nitrogens with zero attached hydrogens (tertiary/aromatic N) is 1. The van der Waals surface area contributed by atoms with Gasteiger partial charge in [0.05, 0.1) is 0 Å². The van der Waals surface area contributed by atoms with E-state index in [-0.39, 0.29) is 0 Å². The molecule has 1 unspecified atom stereocenters. The first-order valence-corrected chi connectivity index (χ1v) is 7.14. The fourth-order valence-electron chi connectivity index (χ4n) is 2.84. The average Bonchev–Trinajstić information content (AvgIpc) is 2.71. The van der Waals surface area contributed by atoms with Crippen LogP contribution in [0.5, 0.6) is 0 Å². The Balaban J connectivity index is 2.47. The summed E-state index contributed by atoms with van der Waals surface area (Å²) in [5.41, 5.74) is 0. The second-order valence-corrected chi connectivity index (χ2v) is 5.61. The predicted molar refractivity (Wildman–Crippen MR) is 71.8 cm³/mol. The average molecular weight is 226 g/mol. The summed E-state index contributed by atoms with van der Waals surface area (Å²) < 4.78 is 0. The van der Waals surface area contributed by atoms with Crippen LogP contribution in [0, 0.1) is 5.92 Å². The molecule has 2 nitrogen and oxygen atoms in total. The lowest BCUT2D eigenvalue weighted by molar-refractivity contribution is 0.152. The molecule has 1 aliphatic rings. The first-order chi connectivity index (χ1) is 7.67. The van der Waals surface area contributed by atoms with Gasteiger partial charge in [0.1, 0.15) is 0 Å². The molecular formula is C14H30N2. The molecule has 1 N–H and O–H groups in total. The van der Waals surface area contributed by atoms with Crippen molar-refractivity contribution in [3.63, 3.8) is 0 Å². The zero-order valence-electron chi connectivity index (χ0n) is 11.6. The minimum absolute atomic E-state index is 0.749. The molecule has 1 rings (SSSR count). The first kappa shape index (κ1) is 14.0. The van der Waals surface area contributed by atoms with Gasteiger partial charge in [0.15, 0.2) is 0 Å². The van der Waals surface area contributed by atoms with Crippen molar-refractivity contribution in [2.45, 2.75) is 65.5 Å². The van der Waals surface area contributed by atoms with Crippen LogP contribution in [0.3, 0.4) is 0 Å². The fraction of sp³-hybridized carbons (Fsp3) is 1.00. The second-order valence-electron chi connectivity index (χ2n) is 5.61. The third kappa shape index (κ3) is 4.42. The zero-order valence-corrected chi connectivity index (χ0v) is 11.6. The molecule has 0 aromatic carbocycles. The minimum Gasteiger partial charge on any atom is -0.313 e. The van der Waals surface area contributed by atoms with Gasteiger partial charge in [-0.3, -0.25) is 4.90 Å². The molecule has 0 aromatic heterocycles. The highest BCUT2D eigenvalue weighted by Crippen LogP contribution is 2.15. The molecule has 1 aliphatic heterocycles. The van der Waals surface area contributed by atoms with Gasteiger partial charge in [0.25, 0.3) is 0 Å². The maximum Gasteiger partial charge on any atom is 0.0195 e. The lowest BCUT2D eigenvalue weighted by Crippen LogP contribution is -2.44. The number of rotatable bonds is 7. The molecule has 2 heteroatoms. The molecule has 0 radical (unpaired) electrons. The molecule has 1 saturated heterocycles. The van der Waals surface area contributed by atoms with Crippen LogP contribution in [0.25, 0.3) is 0 Å². The van der Waals surface area contributed by atoms with Crippen LogP contribution in [0.2, 0.25) is 0 Å². The van der Waals surface area contributed by atoms with Crippen molar-refractivity contribution in [2.24, 2.45) is 5.92 Å². The van der Waals surface area contributed by atoms with E-state index in [1.807, 2.05) is 0 Å². The van der Waals surface area contributed by atoms with Gasteiger partial charge in [-0.2, -0.15) is 0 Å². The summed E-state index contributed by atoms with van der Waals surface area (Å²) in [7, 11) is 0. The SMILES string of the molecule is CCC(CC)N(CC(C)C)CC1CCCN1. The molecule has 1 fully saturated rings. The third-order valence-corrected chi connectivity index (χ3v) is 3.68. The molecule has 0 aliphatic carbocycles. The summed E-state index contributed by atoms with van der Waals surface area (Å²) in [6.07, 6.45) is 5.31. The van der Waals surface area contributed by atoms with Gasteiger partial charge in [-0.05, 0) is 38.1 Å². The van der Waals surface area contributed by atoms with Gasteiger partial charge < -0.3 is 5.32 Å². The summed E-state index contributed by atoms with van der Waals surface area (Å²) >= 11 is 0. The molecule has 0 spiro atoms. The summed E-state index contributed by atoms with van der Waals surface area (Å²) in [6.45, 7) is 13.0. The second kappa shape index (κ2) is 7.29.